The molecule has 3 atom stereocenters. The molecular formula is C25H29NO. The van der Waals surface area contributed by atoms with Gasteiger partial charge < -0.3 is 10.4 Å². The third-order valence-corrected chi connectivity index (χ3v) is 6.08. The van der Waals surface area contributed by atoms with Crippen LogP contribution in [0.4, 0.5) is 0 Å². The molecular weight excluding hydrogens is 330 g/mol. The van der Waals surface area contributed by atoms with Gasteiger partial charge in [-0.1, -0.05) is 73.2 Å². The summed E-state index contributed by atoms with van der Waals surface area (Å²) >= 11 is 0. The summed E-state index contributed by atoms with van der Waals surface area (Å²) in [6.45, 7) is 2.42. The van der Waals surface area contributed by atoms with E-state index in [4.69, 9.17) is 0 Å². The van der Waals surface area contributed by atoms with Crippen molar-refractivity contribution in [2.45, 2.75) is 57.2 Å². The molecule has 2 heteroatoms. The molecule has 3 aromatic rings. The topological polar surface area (TPSA) is 32.3 Å². The first kappa shape index (κ1) is 18.2. The highest BCUT2D eigenvalue weighted by molar-refractivity contribution is 5.86. The van der Waals surface area contributed by atoms with E-state index in [9.17, 15) is 5.11 Å². The Hall–Kier alpha value is -2.16. The Balaban J connectivity index is 1.46. The lowest BCUT2D eigenvalue weighted by atomic mass is 9.81. The number of hydrogen-bond donors (Lipinski definition) is 2. The Morgan fingerprint density at radius 1 is 0.963 bits per heavy atom. The van der Waals surface area contributed by atoms with Crippen molar-refractivity contribution in [3.63, 3.8) is 0 Å². The monoisotopic (exact) mass is 359 g/mol. The fraction of sp³-hybridized carbons (Fsp3) is 0.360. The molecule has 1 aliphatic rings. The van der Waals surface area contributed by atoms with Crippen molar-refractivity contribution in [1.29, 1.82) is 0 Å². The minimum absolute atomic E-state index is 0.123. The summed E-state index contributed by atoms with van der Waals surface area (Å²) in [6, 6.07) is 24.7. The molecule has 1 aliphatic carbocycles. The van der Waals surface area contributed by atoms with Crippen LogP contribution in [0, 0.1) is 0 Å². The van der Waals surface area contributed by atoms with Crippen LogP contribution in [0.1, 0.15) is 61.3 Å². The SMILES string of the molecule is C[C@@H](NC1CCCC(c2ccc(CO)cc2)C1)c1cccc2ccccc12. The number of hydrogen-bond acceptors (Lipinski definition) is 2. The number of nitrogens with one attached hydrogen (secondary N) is 1. The number of rotatable bonds is 5. The van der Waals surface area contributed by atoms with Crippen LogP contribution in [0.5, 0.6) is 0 Å². The molecule has 0 radical (unpaired) electrons. The summed E-state index contributed by atoms with van der Waals surface area (Å²) in [7, 11) is 0. The zero-order valence-electron chi connectivity index (χ0n) is 16.1. The molecule has 2 unspecified atom stereocenters. The number of benzene rings is 3. The summed E-state index contributed by atoms with van der Waals surface area (Å²) in [5, 5.41) is 15.8. The smallest absolute Gasteiger partial charge is 0.0681 e. The molecule has 2 N–H and O–H groups in total. The van der Waals surface area contributed by atoms with E-state index in [1.807, 2.05) is 0 Å². The summed E-state index contributed by atoms with van der Waals surface area (Å²) in [4.78, 5) is 0. The predicted octanol–water partition coefficient (Wildman–Crippen LogP) is 5.71. The molecule has 140 valence electrons. The molecule has 0 aromatic heterocycles. The molecule has 0 saturated heterocycles. The van der Waals surface area contributed by atoms with Gasteiger partial charge in [0.05, 0.1) is 6.61 Å². The highest BCUT2D eigenvalue weighted by Crippen LogP contribution is 2.34. The molecule has 0 aliphatic heterocycles. The molecule has 4 rings (SSSR count). The van der Waals surface area contributed by atoms with Gasteiger partial charge in [-0.05, 0) is 59.6 Å². The van der Waals surface area contributed by atoms with Crippen LogP contribution in [-0.4, -0.2) is 11.1 Å². The van der Waals surface area contributed by atoms with E-state index < -0.39 is 0 Å². The van der Waals surface area contributed by atoms with E-state index in [-0.39, 0.29) is 6.61 Å². The number of aliphatic hydroxyl groups excluding tert-OH is 1. The van der Waals surface area contributed by atoms with Crippen LogP contribution < -0.4 is 5.32 Å². The van der Waals surface area contributed by atoms with E-state index in [1.165, 1.54) is 47.6 Å². The fourth-order valence-corrected chi connectivity index (χ4v) is 4.61. The molecule has 27 heavy (non-hydrogen) atoms. The van der Waals surface area contributed by atoms with Gasteiger partial charge in [0, 0.05) is 12.1 Å². The summed E-state index contributed by atoms with van der Waals surface area (Å²) in [5.74, 6) is 0.615. The fourth-order valence-electron chi connectivity index (χ4n) is 4.61. The van der Waals surface area contributed by atoms with Crippen molar-refractivity contribution in [2.75, 3.05) is 0 Å². The number of fused-ring (bicyclic) bond motifs is 1. The van der Waals surface area contributed by atoms with Crippen LogP contribution in [0.3, 0.4) is 0 Å². The maximum absolute atomic E-state index is 9.25. The zero-order valence-corrected chi connectivity index (χ0v) is 16.1. The molecule has 0 spiro atoms. The van der Waals surface area contributed by atoms with Gasteiger partial charge in [-0.2, -0.15) is 0 Å². The Bertz CT molecular complexity index is 881. The maximum atomic E-state index is 9.25. The summed E-state index contributed by atoms with van der Waals surface area (Å²) < 4.78 is 0. The average Bonchev–Trinajstić information content (AvgIpc) is 2.73. The van der Waals surface area contributed by atoms with Crippen LogP contribution in [-0.2, 0) is 6.61 Å². The van der Waals surface area contributed by atoms with Gasteiger partial charge in [0.15, 0.2) is 0 Å². The molecule has 3 aromatic carbocycles. The Morgan fingerprint density at radius 2 is 1.74 bits per heavy atom. The predicted molar refractivity (Wildman–Crippen MR) is 113 cm³/mol. The second-order valence-corrected chi connectivity index (χ2v) is 7.92. The first-order chi connectivity index (χ1) is 13.2. The van der Waals surface area contributed by atoms with Gasteiger partial charge in [0.1, 0.15) is 0 Å². The third kappa shape index (κ3) is 4.07. The molecule has 0 bridgehead atoms. The molecule has 1 fully saturated rings. The summed E-state index contributed by atoms with van der Waals surface area (Å²) in [6.07, 6.45) is 4.97. The second-order valence-electron chi connectivity index (χ2n) is 7.92. The zero-order chi connectivity index (χ0) is 18.6. The lowest BCUT2D eigenvalue weighted by Gasteiger charge is -2.32. The van der Waals surface area contributed by atoms with E-state index in [1.54, 1.807) is 0 Å². The lowest BCUT2D eigenvalue weighted by Crippen LogP contribution is -2.35. The largest absolute Gasteiger partial charge is 0.392 e. The van der Waals surface area contributed by atoms with Gasteiger partial charge >= 0.3 is 0 Å². The highest BCUT2D eigenvalue weighted by Gasteiger charge is 2.24. The Morgan fingerprint density at radius 3 is 2.56 bits per heavy atom. The van der Waals surface area contributed by atoms with Gasteiger partial charge in [-0.25, -0.2) is 0 Å². The van der Waals surface area contributed by atoms with Crippen molar-refractivity contribution in [2.24, 2.45) is 0 Å². The van der Waals surface area contributed by atoms with Crippen LogP contribution in [0.2, 0.25) is 0 Å². The van der Waals surface area contributed by atoms with Crippen molar-refractivity contribution in [1.82, 2.24) is 5.32 Å². The maximum Gasteiger partial charge on any atom is 0.0681 e. The van der Waals surface area contributed by atoms with E-state index in [2.05, 4.69) is 79.0 Å². The normalized spacial score (nSPS) is 21.3. The van der Waals surface area contributed by atoms with E-state index >= 15 is 0 Å². The van der Waals surface area contributed by atoms with Crippen LogP contribution >= 0.6 is 0 Å². The minimum Gasteiger partial charge on any atom is -0.392 e. The lowest BCUT2D eigenvalue weighted by molar-refractivity contribution is 0.281. The summed E-state index contributed by atoms with van der Waals surface area (Å²) in [5.41, 5.74) is 3.80. The first-order valence-electron chi connectivity index (χ1n) is 10.2. The van der Waals surface area contributed by atoms with Crippen molar-refractivity contribution in [3.05, 3.63) is 83.4 Å². The third-order valence-electron chi connectivity index (χ3n) is 6.08. The van der Waals surface area contributed by atoms with Crippen molar-refractivity contribution < 1.29 is 5.11 Å². The quantitative estimate of drug-likeness (QED) is 0.611. The van der Waals surface area contributed by atoms with Gasteiger partial charge in [0.25, 0.3) is 0 Å². The molecule has 1 saturated carbocycles. The highest BCUT2D eigenvalue weighted by atomic mass is 16.3. The van der Waals surface area contributed by atoms with Crippen molar-refractivity contribution in [3.8, 4) is 0 Å². The van der Waals surface area contributed by atoms with Crippen LogP contribution in [0.25, 0.3) is 10.8 Å². The van der Waals surface area contributed by atoms with Gasteiger partial charge in [-0.15, -0.1) is 0 Å². The van der Waals surface area contributed by atoms with Crippen molar-refractivity contribution >= 4 is 10.8 Å². The van der Waals surface area contributed by atoms with Crippen LogP contribution in [0.15, 0.2) is 66.7 Å². The van der Waals surface area contributed by atoms with Gasteiger partial charge in [-0.3, -0.25) is 0 Å². The molecule has 2 nitrogen and oxygen atoms in total. The Labute approximate surface area is 162 Å². The van der Waals surface area contributed by atoms with Gasteiger partial charge in [0.2, 0.25) is 0 Å². The van der Waals surface area contributed by atoms with E-state index in [0.29, 0.717) is 18.0 Å². The molecule has 0 heterocycles. The Kier molecular flexibility index (Phi) is 5.56. The van der Waals surface area contributed by atoms with E-state index in [0.717, 1.165) is 5.56 Å². The second kappa shape index (κ2) is 8.24. The molecule has 0 amide bonds. The minimum atomic E-state index is 0.123. The average molecular weight is 360 g/mol. The standard InChI is InChI=1S/C25H29NO/c1-18(24-11-5-7-21-6-2-3-10-25(21)24)26-23-9-4-8-22(16-23)20-14-12-19(17-27)13-15-20/h2-3,5-7,10-15,18,22-23,26-27H,4,8-9,16-17H2,1H3/t18-,22?,23?/m1/s1. The first-order valence-corrected chi connectivity index (χ1v) is 10.2. The number of aliphatic hydroxyl groups is 1.